The highest BCUT2D eigenvalue weighted by molar-refractivity contribution is 5.95. The summed E-state index contributed by atoms with van der Waals surface area (Å²) in [6, 6.07) is 14.1. The Balaban J connectivity index is 2.14. The maximum atomic E-state index is 11.7. The quantitative estimate of drug-likeness (QED) is 0.827. The second-order valence-corrected chi connectivity index (χ2v) is 5.81. The van der Waals surface area contributed by atoms with Crippen molar-refractivity contribution >= 4 is 28.7 Å². The van der Waals surface area contributed by atoms with Gasteiger partial charge in [0.1, 0.15) is 0 Å². The smallest absolute Gasteiger partial charge is 0.311 e. The van der Waals surface area contributed by atoms with Crippen LogP contribution in [0.15, 0.2) is 42.5 Å². The zero-order valence-electron chi connectivity index (χ0n) is 13.5. The molecule has 0 amide bonds. The van der Waals surface area contributed by atoms with Crippen LogP contribution in [0.3, 0.4) is 0 Å². The summed E-state index contributed by atoms with van der Waals surface area (Å²) in [5.41, 5.74) is 4.99. The Morgan fingerprint density at radius 1 is 1.13 bits per heavy atom. The van der Waals surface area contributed by atoms with Gasteiger partial charge in [0, 0.05) is 6.54 Å². The average molecular weight is 310 g/mol. The monoisotopic (exact) mass is 310 g/mol. The van der Waals surface area contributed by atoms with Gasteiger partial charge in [0.2, 0.25) is 0 Å². The molecule has 4 heteroatoms. The Bertz CT molecular complexity index is 727. The summed E-state index contributed by atoms with van der Waals surface area (Å²) < 4.78 is 0. The second kappa shape index (κ2) is 6.32. The van der Waals surface area contributed by atoms with Crippen molar-refractivity contribution in [2.75, 3.05) is 16.8 Å². The normalized spacial score (nSPS) is 13.7. The molecule has 23 heavy (non-hydrogen) atoms. The standard InChI is InChI=1S/C19H22N2O2/c1-3-8-14(19(22)23)13-9-7-12-17-18(13)20-15-10-5-6-11-16(15)21(17)4-2/h5-7,9-12,14,20H,3-4,8H2,1-2H3,(H,22,23). The highest BCUT2D eigenvalue weighted by Crippen LogP contribution is 2.46. The van der Waals surface area contributed by atoms with E-state index in [1.54, 1.807) is 0 Å². The number of carboxylic acid groups (broad SMARTS) is 1. The van der Waals surface area contributed by atoms with Crippen molar-refractivity contribution in [1.82, 2.24) is 0 Å². The summed E-state index contributed by atoms with van der Waals surface area (Å²) in [4.78, 5) is 14.0. The van der Waals surface area contributed by atoms with Crippen molar-refractivity contribution < 1.29 is 9.90 Å². The van der Waals surface area contributed by atoms with Crippen LogP contribution in [-0.4, -0.2) is 17.6 Å². The molecule has 0 aliphatic carbocycles. The first-order valence-corrected chi connectivity index (χ1v) is 8.16. The number of anilines is 4. The molecule has 4 nitrogen and oxygen atoms in total. The first-order chi connectivity index (χ1) is 11.2. The maximum absolute atomic E-state index is 11.7. The average Bonchev–Trinajstić information content (AvgIpc) is 2.57. The van der Waals surface area contributed by atoms with E-state index in [0.29, 0.717) is 6.42 Å². The highest BCUT2D eigenvalue weighted by atomic mass is 16.4. The van der Waals surface area contributed by atoms with E-state index in [2.05, 4.69) is 29.3 Å². The SMILES string of the molecule is CCCC(C(=O)O)c1cccc2c1Nc1ccccc1N2CC. The van der Waals surface area contributed by atoms with Crippen LogP contribution in [0.1, 0.15) is 38.2 Å². The molecule has 0 bridgehead atoms. The molecule has 2 aromatic rings. The van der Waals surface area contributed by atoms with Gasteiger partial charge < -0.3 is 15.3 Å². The van der Waals surface area contributed by atoms with Crippen LogP contribution in [0.2, 0.25) is 0 Å². The third-order valence-electron chi connectivity index (χ3n) is 4.39. The second-order valence-electron chi connectivity index (χ2n) is 5.81. The first-order valence-electron chi connectivity index (χ1n) is 8.16. The summed E-state index contributed by atoms with van der Waals surface area (Å²) in [6.07, 6.45) is 1.48. The van der Waals surface area contributed by atoms with Gasteiger partial charge in [0.05, 0.1) is 28.7 Å². The fourth-order valence-electron chi connectivity index (χ4n) is 3.33. The van der Waals surface area contributed by atoms with Crippen molar-refractivity contribution in [3.63, 3.8) is 0 Å². The lowest BCUT2D eigenvalue weighted by Crippen LogP contribution is -2.24. The number of para-hydroxylation sites is 3. The molecule has 1 aliphatic heterocycles. The fraction of sp³-hybridized carbons (Fsp3) is 0.316. The molecule has 1 unspecified atom stereocenters. The fourth-order valence-corrected chi connectivity index (χ4v) is 3.33. The minimum Gasteiger partial charge on any atom is -0.481 e. The van der Waals surface area contributed by atoms with Crippen molar-refractivity contribution in [2.45, 2.75) is 32.6 Å². The number of nitrogens with one attached hydrogen (secondary N) is 1. The molecular weight excluding hydrogens is 288 g/mol. The van der Waals surface area contributed by atoms with E-state index in [4.69, 9.17) is 0 Å². The lowest BCUT2D eigenvalue weighted by molar-refractivity contribution is -0.139. The summed E-state index contributed by atoms with van der Waals surface area (Å²) in [7, 11) is 0. The highest BCUT2D eigenvalue weighted by Gasteiger charge is 2.28. The molecule has 1 heterocycles. The lowest BCUT2D eigenvalue weighted by Gasteiger charge is -2.35. The van der Waals surface area contributed by atoms with Gasteiger partial charge in [0.25, 0.3) is 0 Å². The van der Waals surface area contributed by atoms with E-state index in [1.807, 2.05) is 37.3 Å². The summed E-state index contributed by atoms with van der Waals surface area (Å²) in [5, 5.41) is 13.1. The Morgan fingerprint density at radius 2 is 1.87 bits per heavy atom. The van der Waals surface area contributed by atoms with Gasteiger partial charge in [-0.2, -0.15) is 0 Å². The number of carbonyl (C=O) groups is 1. The molecule has 3 rings (SSSR count). The van der Waals surface area contributed by atoms with Gasteiger partial charge in [-0.05, 0) is 37.1 Å². The zero-order valence-corrected chi connectivity index (χ0v) is 13.5. The Kier molecular flexibility index (Phi) is 4.24. The third-order valence-corrected chi connectivity index (χ3v) is 4.39. The molecule has 0 spiro atoms. The van der Waals surface area contributed by atoms with Gasteiger partial charge >= 0.3 is 5.97 Å². The number of hydrogen-bond acceptors (Lipinski definition) is 3. The number of nitrogens with zero attached hydrogens (tertiary/aromatic N) is 1. The van der Waals surface area contributed by atoms with E-state index in [9.17, 15) is 9.90 Å². The van der Waals surface area contributed by atoms with Crippen molar-refractivity contribution in [2.24, 2.45) is 0 Å². The van der Waals surface area contributed by atoms with E-state index in [0.717, 1.165) is 41.3 Å². The van der Waals surface area contributed by atoms with E-state index in [1.165, 1.54) is 0 Å². The van der Waals surface area contributed by atoms with Gasteiger partial charge in [-0.3, -0.25) is 4.79 Å². The molecule has 1 aliphatic rings. The largest absolute Gasteiger partial charge is 0.481 e. The van der Waals surface area contributed by atoms with E-state index in [-0.39, 0.29) is 0 Å². The molecule has 1 atom stereocenters. The predicted molar refractivity (Wildman–Crippen MR) is 94.1 cm³/mol. The van der Waals surface area contributed by atoms with Crippen LogP contribution in [0.5, 0.6) is 0 Å². The summed E-state index contributed by atoms with van der Waals surface area (Å²) >= 11 is 0. The summed E-state index contributed by atoms with van der Waals surface area (Å²) in [5.74, 6) is -1.24. The van der Waals surface area contributed by atoms with Crippen LogP contribution in [0.25, 0.3) is 0 Å². The zero-order chi connectivity index (χ0) is 16.4. The molecule has 2 aromatic carbocycles. The van der Waals surface area contributed by atoms with Crippen LogP contribution < -0.4 is 10.2 Å². The molecule has 0 saturated carbocycles. The van der Waals surface area contributed by atoms with Gasteiger partial charge in [-0.1, -0.05) is 37.6 Å². The Labute approximate surface area is 136 Å². The van der Waals surface area contributed by atoms with Crippen LogP contribution in [0, 0.1) is 0 Å². The number of fused-ring (bicyclic) bond motifs is 2. The molecule has 0 aromatic heterocycles. The molecule has 2 N–H and O–H groups in total. The Hall–Kier alpha value is -2.49. The molecule has 0 radical (unpaired) electrons. The van der Waals surface area contributed by atoms with Crippen molar-refractivity contribution in [3.8, 4) is 0 Å². The van der Waals surface area contributed by atoms with E-state index >= 15 is 0 Å². The molecule has 0 fully saturated rings. The van der Waals surface area contributed by atoms with Crippen molar-refractivity contribution in [1.29, 1.82) is 0 Å². The number of carboxylic acids is 1. The Morgan fingerprint density at radius 3 is 2.57 bits per heavy atom. The topological polar surface area (TPSA) is 52.6 Å². The van der Waals surface area contributed by atoms with E-state index < -0.39 is 11.9 Å². The molecule has 0 saturated heterocycles. The van der Waals surface area contributed by atoms with Gasteiger partial charge in [-0.15, -0.1) is 0 Å². The predicted octanol–water partition coefficient (Wildman–Crippen LogP) is 4.87. The van der Waals surface area contributed by atoms with Gasteiger partial charge in [0.15, 0.2) is 0 Å². The molecular formula is C19H22N2O2. The third kappa shape index (κ3) is 2.65. The van der Waals surface area contributed by atoms with Gasteiger partial charge in [-0.25, -0.2) is 0 Å². The number of aliphatic carboxylic acids is 1. The first kappa shape index (κ1) is 15.4. The van der Waals surface area contributed by atoms with Crippen LogP contribution in [-0.2, 0) is 4.79 Å². The minimum absolute atomic E-state index is 0.480. The van der Waals surface area contributed by atoms with Crippen LogP contribution >= 0.6 is 0 Å². The number of hydrogen-bond donors (Lipinski definition) is 2. The number of benzene rings is 2. The van der Waals surface area contributed by atoms with Crippen molar-refractivity contribution in [3.05, 3.63) is 48.0 Å². The lowest BCUT2D eigenvalue weighted by atomic mass is 9.91. The summed E-state index contributed by atoms with van der Waals surface area (Å²) in [6.45, 7) is 4.96. The number of rotatable bonds is 5. The minimum atomic E-state index is -0.760. The maximum Gasteiger partial charge on any atom is 0.311 e. The van der Waals surface area contributed by atoms with Crippen LogP contribution in [0.4, 0.5) is 22.7 Å². The molecule has 120 valence electrons.